The van der Waals surface area contributed by atoms with Gasteiger partial charge in [-0.15, -0.1) is 0 Å². The average Bonchev–Trinajstić information content (AvgIpc) is 3.67. The van der Waals surface area contributed by atoms with E-state index in [0.29, 0.717) is 11.0 Å². The summed E-state index contributed by atoms with van der Waals surface area (Å²) in [5.74, 6) is -8.81. The summed E-state index contributed by atoms with van der Waals surface area (Å²) in [4.78, 5) is 0. The van der Waals surface area contributed by atoms with E-state index in [2.05, 4.69) is 73.2 Å². The van der Waals surface area contributed by atoms with Gasteiger partial charge in [0.1, 0.15) is 16.8 Å². The lowest BCUT2D eigenvalue weighted by atomic mass is 9.88. The summed E-state index contributed by atoms with van der Waals surface area (Å²) < 4.78 is 83.3. The van der Waals surface area contributed by atoms with Crippen LogP contribution >= 0.6 is 0 Å². The molecule has 0 aliphatic heterocycles. The van der Waals surface area contributed by atoms with Crippen LogP contribution in [-0.2, 0) is 7.05 Å². The standard InChI is InChI=1S/C45H36F5N2O/c1-23(2)31-20-28(26-12-8-7-9-13-26)21-32(24(3)4)43(31)52-34-15-11-10-14-33(34)51(6)45(52)36-25(5)16-18-30-29-19-17-27(22-35(29)53-44(30)36)37-38(46)40(48)42(50)41(49)39(37)47/h7-24H,1-6H3/q+1. The molecule has 0 fully saturated rings. The SMILES string of the molecule is Cc1ccc2c(oc3cc(-c4c(F)c(F)c(F)c(F)c4F)ccc32)c1-c1n(-c2c(C(C)C)cc(-c3ccccc3)cc2C(C)C)c2ccccc2[n+]1C. The van der Waals surface area contributed by atoms with Crippen LogP contribution in [0.25, 0.3) is 72.3 Å². The summed E-state index contributed by atoms with van der Waals surface area (Å²) in [6.07, 6.45) is 0. The van der Waals surface area contributed by atoms with Gasteiger partial charge in [0.15, 0.2) is 39.9 Å². The second-order valence-corrected chi connectivity index (χ2v) is 14.3. The number of nitrogens with zero attached hydrogens (tertiary/aromatic N) is 2. The van der Waals surface area contributed by atoms with Crippen LogP contribution in [0.1, 0.15) is 56.2 Å². The minimum absolute atomic E-state index is 0.161. The number of fused-ring (bicyclic) bond motifs is 4. The molecular weight excluding hydrogens is 679 g/mol. The highest BCUT2D eigenvalue weighted by Gasteiger charge is 2.34. The minimum atomic E-state index is -2.20. The molecule has 0 radical (unpaired) electrons. The van der Waals surface area contributed by atoms with Gasteiger partial charge in [-0.25, -0.2) is 26.5 Å². The molecule has 53 heavy (non-hydrogen) atoms. The molecule has 6 aromatic carbocycles. The van der Waals surface area contributed by atoms with Crippen LogP contribution in [0.3, 0.4) is 0 Å². The van der Waals surface area contributed by atoms with Gasteiger partial charge >= 0.3 is 0 Å². The average molecular weight is 716 g/mol. The number of aryl methyl sites for hydroxylation is 2. The number of benzene rings is 6. The third-order valence-corrected chi connectivity index (χ3v) is 10.3. The third-order valence-electron chi connectivity index (χ3n) is 10.3. The largest absolute Gasteiger partial charge is 0.455 e. The number of hydrogen-bond acceptors (Lipinski definition) is 1. The monoisotopic (exact) mass is 715 g/mol. The molecule has 0 aliphatic carbocycles. The van der Waals surface area contributed by atoms with E-state index in [1.165, 1.54) is 23.3 Å². The Morgan fingerprint density at radius 1 is 0.585 bits per heavy atom. The maximum absolute atomic E-state index is 14.9. The Bertz CT molecular complexity index is 2700. The number of imidazole rings is 1. The van der Waals surface area contributed by atoms with Crippen LogP contribution in [-0.4, -0.2) is 4.57 Å². The van der Waals surface area contributed by atoms with Gasteiger partial charge in [0, 0.05) is 21.9 Å². The predicted molar refractivity (Wildman–Crippen MR) is 201 cm³/mol. The fourth-order valence-electron chi connectivity index (χ4n) is 7.67. The zero-order valence-electron chi connectivity index (χ0n) is 30.1. The summed E-state index contributed by atoms with van der Waals surface area (Å²) in [6.45, 7) is 10.8. The number of hydrogen-bond donors (Lipinski definition) is 0. The molecule has 0 saturated heterocycles. The lowest BCUT2D eigenvalue weighted by molar-refractivity contribution is -0.633. The topological polar surface area (TPSA) is 21.9 Å². The van der Waals surface area contributed by atoms with E-state index in [4.69, 9.17) is 4.42 Å². The summed E-state index contributed by atoms with van der Waals surface area (Å²) in [5, 5.41) is 1.38. The maximum atomic E-state index is 14.9. The van der Waals surface area contributed by atoms with Crippen molar-refractivity contribution in [3.05, 3.63) is 143 Å². The van der Waals surface area contributed by atoms with Gasteiger partial charge < -0.3 is 4.42 Å². The first kappa shape index (κ1) is 34.3. The van der Waals surface area contributed by atoms with Gasteiger partial charge in [-0.2, -0.15) is 4.57 Å². The molecule has 0 amide bonds. The quantitative estimate of drug-likeness (QED) is 0.0727. The first-order valence-corrected chi connectivity index (χ1v) is 17.6. The maximum Gasteiger partial charge on any atom is 0.299 e. The van der Waals surface area contributed by atoms with E-state index in [-0.39, 0.29) is 23.0 Å². The third kappa shape index (κ3) is 5.25. The van der Waals surface area contributed by atoms with Gasteiger partial charge in [-0.05, 0) is 77.4 Å². The lowest BCUT2D eigenvalue weighted by Crippen LogP contribution is -2.30. The van der Waals surface area contributed by atoms with Gasteiger partial charge in [-0.1, -0.05) is 88.4 Å². The number of furan rings is 1. The number of aromatic nitrogens is 2. The second-order valence-electron chi connectivity index (χ2n) is 14.3. The van der Waals surface area contributed by atoms with Gasteiger partial charge in [0.2, 0.25) is 5.82 Å². The fourth-order valence-corrected chi connectivity index (χ4v) is 7.67. The molecule has 0 bridgehead atoms. The molecule has 0 unspecified atom stereocenters. The Morgan fingerprint density at radius 3 is 1.81 bits per heavy atom. The van der Waals surface area contributed by atoms with Crippen LogP contribution in [0, 0.1) is 36.0 Å². The Morgan fingerprint density at radius 2 is 1.17 bits per heavy atom. The molecule has 3 nitrogen and oxygen atoms in total. The lowest BCUT2D eigenvalue weighted by Gasteiger charge is -2.21. The van der Waals surface area contributed by atoms with E-state index < -0.39 is 34.6 Å². The summed E-state index contributed by atoms with van der Waals surface area (Å²) >= 11 is 0. The number of rotatable bonds is 6. The zero-order chi connectivity index (χ0) is 37.5. The molecule has 0 saturated carbocycles. The normalized spacial score (nSPS) is 12.0. The summed E-state index contributed by atoms with van der Waals surface area (Å²) in [7, 11) is 2.03. The Hall–Kier alpha value is -5.76. The smallest absolute Gasteiger partial charge is 0.299 e. The second kappa shape index (κ2) is 12.7. The Labute approximate surface area is 303 Å². The molecule has 0 aliphatic rings. The van der Waals surface area contributed by atoms with Crippen molar-refractivity contribution in [2.24, 2.45) is 7.05 Å². The zero-order valence-corrected chi connectivity index (χ0v) is 30.1. The van der Waals surface area contributed by atoms with Crippen LogP contribution in [0.15, 0.2) is 101 Å². The van der Waals surface area contributed by atoms with Crippen molar-refractivity contribution in [1.29, 1.82) is 0 Å². The molecule has 8 heteroatoms. The summed E-state index contributed by atoms with van der Waals surface area (Å²) in [5.41, 5.74) is 9.05. The van der Waals surface area contributed by atoms with E-state index in [0.717, 1.165) is 50.2 Å². The van der Waals surface area contributed by atoms with E-state index in [1.807, 2.05) is 56.4 Å². The summed E-state index contributed by atoms with van der Waals surface area (Å²) in [6, 6.07) is 31.4. The van der Waals surface area contributed by atoms with Crippen molar-refractivity contribution >= 4 is 33.0 Å². The van der Waals surface area contributed by atoms with Crippen LogP contribution in [0.5, 0.6) is 0 Å². The number of para-hydroxylation sites is 2. The molecule has 266 valence electrons. The van der Waals surface area contributed by atoms with Gasteiger partial charge in [0.25, 0.3) is 5.82 Å². The van der Waals surface area contributed by atoms with Crippen LogP contribution in [0.4, 0.5) is 22.0 Å². The number of halogens is 5. The molecule has 0 spiro atoms. The molecule has 0 atom stereocenters. The van der Waals surface area contributed by atoms with Crippen molar-refractivity contribution in [3.63, 3.8) is 0 Å². The van der Waals surface area contributed by atoms with Gasteiger partial charge in [-0.3, -0.25) is 0 Å². The molecule has 2 heterocycles. The van der Waals surface area contributed by atoms with E-state index >= 15 is 0 Å². The molecule has 2 aromatic heterocycles. The highest BCUT2D eigenvalue weighted by atomic mass is 19.2. The fraction of sp³-hybridized carbons (Fsp3) is 0.178. The molecular formula is C45H36F5N2O+. The first-order chi connectivity index (χ1) is 25.4. The first-order valence-electron chi connectivity index (χ1n) is 17.6. The van der Waals surface area contributed by atoms with Crippen molar-refractivity contribution < 1.29 is 30.9 Å². The van der Waals surface area contributed by atoms with E-state index in [9.17, 15) is 22.0 Å². The van der Waals surface area contributed by atoms with Crippen LogP contribution < -0.4 is 4.57 Å². The Kier molecular flexibility index (Phi) is 8.24. The molecule has 8 aromatic rings. The van der Waals surface area contributed by atoms with Crippen molar-refractivity contribution in [3.8, 4) is 39.3 Å². The highest BCUT2D eigenvalue weighted by Crippen LogP contribution is 2.44. The van der Waals surface area contributed by atoms with E-state index in [1.54, 1.807) is 6.07 Å². The van der Waals surface area contributed by atoms with Crippen molar-refractivity contribution in [1.82, 2.24) is 4.57 Å². The van der Waals surface area contributed by atoms with Crippen molar-refractivity contribution in [2.45, 2.75) is 46.5 Å². The molecule has 8 rings (SSSR count). The minimum Gasteiger partial charge on any atom is -0.455 e. The van der Waals surface area contributed by atoms with Crippen molar-refractivity contribution in [2.75, 3.05) is 0 Å². The highest BCUT2D eigenvalue weighted by molar-refractivity contribution is 6.10. The molecule has 0 N–H and O–H groups in total. The Balaban J connectivity index is 1.45. The van der Waals surface area contributed by atoms with Crippen LogP contribution in [0.2, 0.25) is 0 Å². The van der Waals surface area contributed by atoms with Gasteiger partial charge in [0.05, 0.1) is 12.6 Å². The predicted octanol–water partition coefficient (Wildman–Crippen LogP) is 12.6.